The Kier molecular flexibility index (Phi) is 8.17. The Morgan fingerprint density at radius 1 is 1.00 bits per heavy atom. The number of aryl methyl sites for hydroxylation is 2. The summed E-state index contributed by atoms with van der Waals surface area (Å²) in [6, 6.07) is 1.75. The van der Waals surface area contributed by atoms with Gasteiger partial charge in [0.2, 0.25) is 5.95 Å². The summed E-state index contributed by atoms with van der Waals surface area (Å²) in [5.74, 6) is 2.16. The first-order valence-corrected chi connectivity index (χ1v) is 14.7. The highest BCUT2D eigenvalue weighted by atomic mass is 16.6. The Labute approximate surface area is 238 Å². The van der Waals surface area contributed by atoms with Crippen molar-refractivity contribution in [2.45, 2.75) is 82.8 Å². The fourth-order valence-electron chi connectivity index (χ4n) is 5.83. The minimum absolute atomic E-state index is 0.372. The maximum Gasteiger partial charge on any atom is 0.226 e. The van der Waals surface area contributed by atoms with E-state index in [1.807, 2.05) is 24.7 Å². The smallest absolute Gasteiger partial charge is 0.226 e. The number of anilines is 2. The Hall–Kier alpha value is -3.55. The van der Waals surface area contributed by atoms with Crippen LogP contribution in [0.5, 0.6) is 0 Å². The predicted molar refractivity (Wildman–Crippen MR) is 151 cm³/mol. The van der Waals surface area contributed by atoms with Crippen LogP contribution in [0.3, 0.4) is 0 Å². The van der Waals surface area contributed by atoms with Gasteiger partial charge in [-0.3, -0.25) is 4.57 Å². The molecule has 5 heterocycles. The predicted octanol–water partition coefficient (Wildman–Crippen LogP) is 3.14. The van der Waals surface area contributed by atoms with E-state index in [2.05, 4.69) is 25.8 Å². The van der Waals surface area contributed by atoms with Crippen LogP contribution in [0, 0.1) is 5.92 Å². The second-order valence-electron chi connectivity index (χ2n) is 11.1. The van der Waals surface area contributed by atoms with Gasteiger partial charge in [0.25, 0.3) is 0 Å². The van der Waals surface area contributed by atoms with Crippen LogP contribution < -0.4 is 10.6 Å². The number of nitrogens with zero attached hydrogens (tertiary/aromatic N) is 7. The highest BCUT2D eigenvalue weighted by molar-refractivity contribution is 5.84. The average molecular weight is 566 g/mol. The number of ether oxygens (including phenoxy) is 1. The topological polar surface area (TPSA) is 161 Å². The maximum atomic E-state index is 11.0. The van der Waals surface area contributed by atoms with E-state index in [0.717, 1.165) is 30.3 Å². The number of hydrogen-bond acceptors (Lipinski definition) is 11. The zero-order valence-electron chi connectivity index (χ0n) is 23.6. The summed E-state index contributed by atoms with van der Waals surface area (Å²) in [6.07, 6.45) is 10.1. The van der Waals surface area contributed by atoms with Gasteiger partial charge in [-0.15, -0.1) is 0 Å². The Morgan fingerprint density at radius 2 is 1.85 bits per heavy atom. The minimum atomic E-state index is -1.23. The van der Waals surface area contributed by atoms with Crippen molar-refractivity contribution in [1.82, 2.24) is 34.2 Å². The largest absolute Gasteiger partial charge is 0.387 e. The van der Waals surface area contributed by atoms with E-state index >= 15 is 0 Å². The molecule has 1 saturated carbocycles. The lowest BCUT2D eigenvalue weighted by Gasteiger charge is -2.21. The van der Waals surface area contributed by atoms with Crippen molar-refractivity contribution in [2.24, 2.45) is 13.0 Å². The molecule has 1 saturated heterocycles. The summed E-state index contributed by atoms with van der Waals surface area (Å²) in [7, 11) is 1.94. The van der Waals surface area contributed by atoms with Crippen LogP contribution in [0.1, 0.15) is 74.9 Å². The molecule has 2 aliphatic rings. The number of aliphatic hydroxyl groups excluding tert-OH is 2. The molecular formula is C28H39N9O4. The summed E-state index contributed by atoms with van der Waals surface area (Å²) in [5.41, 5.74) is 2.79. The van der Waals surface area contributed by atoms with Crippen LogP contribution in [0.4, 0.5) is 11.8 Å². The highest BCUT2D eigenvalue weighted by Gasteiger charge is 2.47. The molecule has 0 bridgehead atoms. The molecule has 2 fully saturated rings. The summed E-state index contributed by atoms with van der Waals surface area (Å²) in [6.45, 7) is 3.34. The van der Waals surface area contributed by atoms with Gasteiger partial charge in [0.1, 0.15) is 18.3 Å². The van der Waals surface area contributed by atoms with Gasteiger partial charge in [-0.2, -0.15) is 9.97 Å². The van der Waals surface area contributed by atoms with Gasteiger partial charge >= 0.3 is 0 Å². The first kappa shape index (κ1) is 27.6. The third-order valence-electron chi connectivity index (χ3n) is 8.15. The second-order valence-corrected chi connectivity index (χ2v) is 11.1. The van der Waals surface area contributed by atoms with E-state index in [9.17, 15) is 10.2 Å². The molecule has 0 amide bonds. The van der Waals surface area contributed by atoms with E-state index in [1.54, 1.807) is 23.3 Å². The monoisotopic (exact) mass is 565 g/mol. The van der Waals surface area contributed by atoms with Crippen LogP contribution in [-0.2, 0) is 24.6 Å². The Balaban J connectivity index is 1.25. The zero-order chi connectivity index (χ0) is 28.3. The van der Waals surface area contributed by atoms with Gasteiger partial charge < -0.3 is 34.7 Å². The number of aliphatic hydroxyl groups is 2. The number of nitrogens with one attached hydrogen (secondary N) is 2. The molecule has 41 heavy (non-hydrogen) atoms. The third kappa shape index (κ3) is 5.92. The van der Waals surface area contributed by atoms with E-state index in [-0.39, 0.29) is 0 Å². The van der Waals surface area contributed by atoms with Crippen molar-refractivity contribution in [1.29, 1.82) is 0 Å². The molecule has 13 heteroatoms. The summed E-state index contributed by atoms with van der Waals surface area (Å²) in [4.78, 5) is 18.5. The van der Waals surface area contributed by atoms with Gasteiger partial charge in [0, 0.05) is 38.8 Å². The molecule has 6 rings (SSSR count). The van der Waals surface area contributed by atoms with E-state index < -0.39 is 24.5 Å². The highest BCUT2D eigenvalue weighted by Crippen LogP contribution is 2.40. The van der Waals surface area contributed by atoms with Crippen molar-refractivity contribution in [3.8, 4) is 0 Å². The normalized spacial score (nSPS) is 23.4. The van der Waals surface area contributed by atoms with Gasteiger partial charge in [0.05, 0.1) is 24.0 Å². The lowest BCUT2D eigenvalue weighted by molar-refractivity contribution is -0.0434. The molecule has 0 aromatic carbocycles. The molecular weight excluding hydrogens is 526 g/mol. The molecule has 0 radical (unpaired) electrons. The van der Waals surface area contributed by atoms with Crippen molar-refractivity contribution in [3.63, 3.8) is 0 Å². The van der Waals surface area contributed by atoms with E-state index in [0.29, 0.717) is 48.1 Å². The number of rotatable bonds is 11. The molecule has 4 unspecified atom stereocenters. The van der Waals surface area contributed by atoms with Gasteiger partial charge in [-0.05, 0) is 18.8 Å². The van der Waals surface area contributed by atoms with Gasteiger partial charge in [-0.1, -0.05) is 44.2 Å². The molecule has 220 valence electrons. The van der Waals surface area contributed by atoms with Crippen molar-refractivity contribution in [2.75, 3.05) is 23.7 Å². The molecule has 4 N–H and O–H groups in total. The molecule has 1 aliphatic heterocycles. The average Bonchev–Trinajstić information content (AvgIpc) is 3.77. The molecule has 0 spiro atoms. The lowest BCUT2D eigenvalue weighted by Crippen LogP contribution is -2.29. The fraction of sp³-hybridized carbons (Fsp3) is 0.607. The molecule has 4 aromatic heterocycles. The van der Waals surface area contributed by atoms with Crippen molar-refractivity contribution in [3.05, 3.63) is 42.1 Å². The Morgan fingerprint density at radius 3 is 2.61 bits per heavy atom. The van der Waals surface area contributed by atoms with Crippen LogP contribution in [-0.4, -0.2) is 69.7 Å². The SMILES string of the molecule is CCc1cc(C2OC(n3cnc4c(NCCC5CCCCC5)nc(NCCc5cn(C)cn5)nc43)C(O)C2O)on1. The lowest BCUT2D eigenvalue weighted by atomic mass is 9.87. The molecule has 1 aliphatic carbocycles. The number of aromatic nitrogens is 7. The molecule has 13 nitrogen and oxygen atoms in total. The summed E-state index contributed by atoms with van der Waals surface area (Å²) < 4.78 is 15.1. The standard InChI is InChI=1S/C28H39N9O4/c1-3-18-13-20(41-35-18)24-22(38)23(39)27(40-24)37-16-32-21-25(29-11-9-17-7-5-4-6-8-17)33-28(34-26(21)37)30-12-10-19-14-36(2)15-31-19/h13-17,22-24,27,38-39H,3-12H2,1-2H3,(H2,29,30,33,34). The number of imidazole rings is 2. The number of fused-ring (bicyclic) bond motifs is 1. The quantitative estimate of drug-likeness (QED) is 0.211. The van der Waals surface area contributed by atoms with Crippen LogP contribution >= 0.6 is 0 Å². The first-order valence-electron chi connectivity index (χ1n) is 14.7. The number of hydrogen-bond donors (Lipinski definition) is 4. The van der Waals surface area contributed by atoms with E-state index in [1.165, 1.54) is 32.1 Å². The molecule has 4 aromatic rings. The van der Waals surface area contributed by atoms with Crippen molar-refractivity contribution >= 4 is 22.9 Å². The third-order valence-corrected chi connectivity index (χ3v) is 8.15. The minimum Gasteiger partial charge on any atom is -0.387 e. The first-order chi connectivity index (χ1) is 20.0. The van der Waals surface area contributed by atoms with Crippen LogP contribution in [0.25, 0.3) is 11.2 Å². The fourth-order valence-corrected chi connectivity index (χ4v) is 5.83. The zero-order valence-corrected chi connectivity index (χ0v) is 23.6. The van der Waals surface area contributed by atoms with Crippen molar-refractivity contribution < 1.29 is 19.5 Å². The molecule has 4 atom stereocenters. The maximum absolute atomic E-state index is 11.0. The summed E-state index contributed by atoms with van der Waals surface area (Å²) in [5, 5.41) is 32.7. The van der Waals surface area contributed by atoms with Gasteiger partial charge in [0.15, 0.2) is 29.0 Å². The summed E-state index contributed by atoms with van der Waals surface area (Å²) >= 11 is 0. The van der Waals surface area contributed by atoms with Crippen LogP contribution in [0.2, 0.25) is 0 Å². The Bertz CT molecular complexity index is 1440. The van der Waals surface area contributed by atoms with E-state index in [4.69, 9.17) is 19.2 Å². The van der Waals surface area contributed by atoms with Gasteiger partial charge in [-0.25, -0.2) is 9.97 Å². The second kappa shape index (κ2) is 12.1. The van der Waals surface area contributed by atoms with Crippen LogP contribution in [0.15, 0.2) is 29.4 Å².